The molecule has 0 fully saturated rings. The molecule has 1 aromatic rings. The maximum atomic E-state index is 13.0. The van der Waals surface area contributed by atoms with Crippen LogP contribution >= 0.6 is 15.9 Å². The zero-order valence-corrected chi connectivity index (χ0v) is 10.6. The van der Waals surface area contributed by atoms with E-state index in [1.807, 2.05) is 0 Å². The molecular formula is C9H10BrFO3S. The van der Waals surface area contributed by atoms with Gasteiger partial charge in [0.05, 0.1) is 12.4 Å². The molecule has 6 heteroatoms. The first kappa shape index (κ1) is 12.6. The zero-order valence-electron chi connectivity index (χ0n) is 8.20. The molecule has 0 spiro atoms. The first-order chi connectivity index (χ1) is 6.78. The molecule has 0 N–H and O–H groups in total. The van der Waals surface area contributed by atoms with Crippen LogP contribution in [0.2, 0.25) is 0 Å². The number of halogens is 2. The highest BCUT2D eigenvalue weighted by Crippen LogP contribution is 2.23. The van der Waals surface area contributed by atoms with Gasteiger partial charge in [0.25, 0.3) is 10.1 Å². The van der Waals surface area contributed by atoms with Crippen molar-refractivity contribution in [2.45, 2.75) is 13.0 Å². The first-order valence-electron chi connectivity index (χ1n) is 4.12. The molecule has 0 bridgehead atoms. The van der Waals surface area contributed by atoms with Crippen LogP contribution in [-0.4, -0.2) is 14.7 Å². The lowest BCUT2D eigenvalue weighted by Crippen LogP contribution is -2.07. The Morgan fingerprint density at radius 1 is 1.40 bits per heavy atom. The Labute approximate surface area is 96.5 Å². The van der Waals surface area contributed by atoms with Gasteiger partial charge in [0, 0.05) is 4.47 Å². The van der Waals surface area contributed by atoms with Crippen LogP contribution in [0.5, 0.6) is 0 Å². The van der Waals surface area contributed by atoms with Crippen LogP contribution in [0.4, 0.5) is 4.39 Å². The molecule has 1 atom stereocenters. The van der Waals surface area contributed by atoms with Crippen molar-refractivity contribution in [2.24, 2.45) is 0 Å². The molecule has 0 saturated carbocycles. The molecule has 84 valence electrons. The molecule has 1 aromatic carbocycles. The largest absolute Gasteiger partial charge is 0.264 e. The van der Waals surface area contributed by atoms with Crippen LogP contribution in [0, 0.1) is 5.82 Å². The minimum atomic E-state index is -3.53. The molecule has 15 heavy (non-hydrogen) atoms. The summed E-state index contributed by atoms with van der Waals surface area (Å²) in [6, 6.07) is 4.14. The normalized spacial score (nSPS) is 13.9. The number of rotatable bonds is 3. The summed E-state index contributed by atoms with van der Waals surface area (Å²) in [6.07, 6.45) is 0.254. The number of hydrogen-bond donors (Lipinski definition) is 0. The van der Waals surface area contributed by atoms with Crippen LogP contribution in [0.15, 0.2) is 22.7 Å². The van der Waals surface area contributed by atoms with Gasteiger partial charge < -0.3 is 0 Å². The van der Waals surface area contributed by atoms with Crippen molar-refractivity contribution in [3.63, 3.8) is 0 Å². The van der Waals surface area contributed by atoms with E-state index in [2.05, 4.69) is 15.9 Å². The standard InChI is InChI=1S/C9H10BrFO3S/c1-6(14-15(2,12)13)7-3-8(10)5-9(11)4-7/h3-6H,1-2H3. The lowest BCUT2D eigenvalue weighted by atomic mass is 10.1. The van der Waals surface area contributed by atoms with Gasteiger partial charge in [0.1, 0.15) is 5.82 Å². The number of benzene rings is 1. The van der Waals surface area contributed by atoms with Crippen molar-refractivity contribution in [1.82, 2.24) is 0 Å². The highest BCUT2D eigenvalue weighted by Gasteiger charge is 2.13. The average Bonchev–Trinajstić information content (AvgIpc) is 1.98. The van der Waals surface area contributed by atoms with E-state index in [1.54, 1.807) is 13.0 Å². The monoisotopic (exact) mass is 296 g/mol. The van der Waals surface area contributed by atoms with Gasteiger partial charge in [-0.15, -0.1) is 0 Å². The Balaban J connectivity index is 2.96. The van der Waals surface area contributed by atoms with Crippen molar-refractivity contribution in [3.05, 3.63) is 34.1 Å². The molecule has 3 nitrogen and oxygen atoms in total. The lowest BCUT2D eigenvalue weighted by molar-refractivity contribution is 0.236. The zero-order chi connectivity index (χ0) is 11.6. The van der Waals surface area contributed by atoms with Crippen LogP contribution in [0.1, 0.15) is 18.6 Å². The highest BCUT2D eigenvalue weighted by molar-refractivity contribution is 9.10. The fourth-order valence-electron chi connectivity index (χ4n) is 1.13. The van der Waals surface area contributed by atoms with Crippen molar-refractivity contribution in [2.75, 3.05) is 6.26 Å². The third-order valence-electron chi connectivity index (χ3n) is 1.67. The summed E-state index contributed by atoms with van der Waals surface area (Å²) in [4.78, 5) is 0. The summed E-state index contributed by atoms with van der Waals surface area (Å²) >= 11 is 3.12. The summed E-state index contributed by atoms with van der Waals surface area (Å²) in [5.41, 5.74) is 0.465. The van der Waals surface area contributed by atoms with E-state index in [0.717, 1.165) is 6.26 Å². The van der Waals surface area contributed by atoms with Crippen molar-refractivity contribution >= 4 is 26.0 Å². The maximum Gasteiger partial charge on any atom is 0.264 e. The van der Waals surface area contributed by atoms with E-state index in [9.17, 15) is 12.8 Å². The van der Waals surface area contributed by atoms with E-state index >= 15 is 0 Å². The summed E-state index contributed by atoms with van der Waals surface area (Å²) in [7, 11) is -3.53. The Morgan fingerprint density at radius 2 is 2.00 bits per heavy atom. The van der Waals surface area contributed by atoms with Crippen LogP contribution in [0.25, 0.3) is 0 Å². The van der Waals surface area contributed by atoms with E-state index in [-0.39, 0.29) is 0 Å². The van der Waals surface area contributed by atoms with E-state index in [0.29, 0.717) is 10.0 Å². The molecular weight excluding hydrogens is 287 g/mol. The Bertz CT molecular complexity index is 438. The molecule has 1 unspecified atom stereocenters. The molecule has 0 heterocycles. The fourth-order valence-corrected chi connectivity index (χ4v) is 2.25. The van der Waals surface area contributed by atoms with Crippen molar-refractivity contribution in [1.29, 1.82) is 0 Å². The van der Waals surface area contributed by atoms with Gasteiger partial charge >= 0.3 is 0 Å². The molecule has 0 saturated heterocycles. The summed E-state index contributed by atoms with van der Waals surface area (Å²) in [6.45, 7) is 1.54. The predicted molar refractivity (Wildman–Crippen MR) is 58.4 cm³/mol. The summed E-state index contributed by atoms with van der Waals surface area (Å²) < 4.78 is 40.0. The van der Waals surface area contributed by atoms with Crippen molar-refractivity contribution in [3.8, 4) is 0 Å². The molecule has 0 aliphatic carbocycles. The minimum absolute atomic E-state index is 0.441. The smallest absolute Gasteiger partial charge is 0.262 e. The lowest BCUT2D eigenvalue weighted by Gasteiger charge is -2.11. The first-order valence-corrected chi connectivity index (χ1v) is 6.73. The van der Waals surface area contributed by atoms with Crippen LogP contribution in [0.3, 0.4) is 0 Å². The van der Waals surface area contributed by atoms with Gasteiger partial charge in [-0.1, -0.05) is 15.9 Å². The van der Waals surface area contributed by atoms with Crippen LogP contribution in [-0.2, 0) is 14.3 Å². The molecule has 0 aliphatic heterocycles. The summed E-state index contributed by atoms with van der Waals surface area (Å²) in [5, 5.41) is 0. The van der Waals surface area contributed by atoms with E-state index in [4.69, 9.17) is 4.18 Å². The molecule has 1 rings (SSSR count). The Kier molecular flexibility index (Phi) is 3.86. The van der Waals surface area contributed by atoms with E-state index < -0.39 is 22.0 Å². The second-order valence-electron chi connectivity index (χ2n) is 3.15. The van der Waals surface area contributed by atoms with Gasteiger partial charge in [-0.2, -0.15) is 8.42 Å². The van der Waals surface area contributed by atoms with Gasteiger partial charge in [0.15, 0.2) is 0 Å². The quantitative estimate of drug-likeness (QED) is 0.806. The molecule has 0 aromatic heterocycles. The fraction of sp³-hybridized carbons (Fsp3) is 0.333. The van der Waals surface area contributed by atoms with Gasteiger partial charge in [-0.25, -0.2) is 4.39 Å². The van der Waals surface area contributed by atoms with Gasteiger partial charge in [0.2, 0.25) is 0 Å². The number of hydrogen-bond acceptors (Lipinski definition) is 3. The third-order valence-corrected chi connectivity index (χ3v) is 2.77. The average molecular weight is 297 g/mol. The topological polar surface area (TPSA) is 43.4 Å². The van der Waals surface area contributed by atoms with Crippen molar-refractivity contribution < 1.29 is 17.0 Å². The predicted octanol–water partition coefficient (Wildman–Crippen LogP) is 2.63. The second kappa shape index (κ2) is 4.59. The highest BCUT2D eigenvalue weighted by atomic mass is 79.9. The second-order valence-corrected chi connectivity index (χ2v) is 5.66. The Morgan fingerprint density at radius 3 is 2.47 bits per heavy atom. The van der Waals surface area contributed by atoms with Gasteiger partial charge in [-0.3, -0.25) is 4.18 Å². The molecule has 0 aliphatic rings. The maximum absolute atomic E-state index is 13.0. The molecule has 0 amide bonds. The van der Waals surface area contributed by atoms with Gasteiger partial charge in [-0.05, 0) is 30.7 Å². The third kappa shape index (κ3) is 4.27. The van der Waals surface area contributed by atoms with Crippen LogP contribution < -0.4 is 0 Å². The SMILES string of the molecule is CC(OS(C)(=O)=O)c1cc(F)cc(Br)c1. The Hall–Kier alpha value is -0.460. The minimum Gasteiger partial charge on any atom is -0.262 e. The summed E-state index contributed by atoms with van der Waals surface area (Å²) in [5.74, 6) is -0.441. The molecule has 0 radical (unpaired) electrons. The van der Waals surface area contributed by atoms with E-state index in [1.165, 1.54) is 12.1 Å².